The molecule has 1 aromatic heterocycles. The summed E-state index contributed by atoms with van der Waals surface area (Å²) in [6.45, 7) is 5.21. The third-order valence-corrected chi connectivity index (χ3v) is 2.99. The van der Waals surface area contributed by atoms with Gasteiger partial charge in [0.1, 0.15) is 0 Å². The van der Waals surface area contributed by atoms with Gasteiger partial charge in [-0.15, -0.1) is 0 Å². The molecule has 0 unspecified atom stereocenters. The molecule has 2 rings (SSSR count). The van der Waals surface area contributed by atoms with E-state index in [1.165, 1.54) is 18.2 Å². The maximum atomic E-state index is 12.9. The van der Waals surface area contributed by atoms with E-state index in [1.807, 2.05) is 13.8 Å². The van der Waals surface area contributed by atoms with Crippen LogP contribution < -0.4 is 5.32 Å². The molecule has 7 heteroatoms. The molecule has 0 radical (unpaired) electrons. The van der Waals surface area contributed by atoms with Crippen molar-refractivity contribution in [1.82, 2.24) is 4.98 Å². The molecular formula is C15H15F3N2O2. The van der Waals surface area contributed by atoms with E-state index in [4.69, 9.17) is 4.42 Å². The predicted octanol–water partition coefficient (Wildman–Crippen LogP) is 4.38. The number of hydrogen-bond donors (Lipinski definition) is 1. The summed E-state index contributed by atoms with van der Waals surface area (Å²) in [6.07, 6.45) is -4.55. The summed E-state index contributed by atoms with van der Waals surface area (Å²) in [6, 6.07) is 4.78. The number of rotatable bonds is 3. The molecule has 4 nitrogen and oxygen atoms in total. The lowest BCUT2D eigenvalue weighted by Gasteiger charge is -2.13. The molecule has 1 N–H and O–H groups in total. The first-order chi connectivity index (χ1) is 10.2. The van der Waals surface area contributed by atoms with E-state index in [0.29, 0.717) is 5.69 Å². The number of alkyl halides is 3. The summed E-state index contributed by atoms with van der Waals surface area (Å²) in [5.41, 5.74) is -0.811. The molecule has 0 fully saturated rings. The van der Waals surface area contributed by atoms with Gasteiger partial charge in [0.2, 0.25) is 5.76 Å². The SMILES string of the molecule is Cc1nc(C(C)C)c(C(=O)Nc2ccccc2C(F)(F)F)o1. The van der Waals surface area contributed by atoms with Crippen molar-refractivity contribution < 1.29 is 22.4 Å². The van der Waals surface area contributed by atoms with Crippen LogP contribution in [0.1, 0.15) is 47.5 Å². The van der Waals surface area contributed by atoms with Gasteiger partial charge < -0.3 is 9.73 Å². The van der Waals surface area contributed by atoms with Crippen LogP contribution in [0.2, 0.25) is 0 Å². The van der Waals surface area contributed by atoms with Gasteiger partial charge in [-0.2, -0.15) is 13.2 Å². The van der Waals surface area contributed by atoms with Gasteiger partial charge in [-0.1, -0.05) is 26.0 Å². The van der Waals surface area contributed by atoms with Crippen LogP contribution in [0.3, 0.4) is 0 Å². The Morgan fingerprint density at radius 1 is 1.27 bits per heavy atom. The van der Waals surface area contributed by atoms with Crippen molar-refractivity contribution in [3.05, 3.63) is 47.2 Å². The Morgan fingerprint density at radius 2 is 1.91 bits per heavy atom. The van der Waals surface area contributed by atoms with E-state index in [0.717, 1.165) is 6.07 Å². The molecule has 0 spiro atoms. The lowest BCUT2D eigenvalue weighted by molar-refractivity contribution is -0.136. The van der Waals surface area contributed by atoms with E-state index in [2.05, 4.69) is 10.3 Å². The number of amides is 1. The minimum atomic E-state index is -4.55. The monoisotopic (exact) mass is 312 g/mol. The number of carbonyl (C=O) groups excluding carboxylic acids is 1. The largest absolute Gasteiger partial charge is 0.436 e. The molecule has 1 aromatic carbocycles. The van der Waals surface area contributed by atoms with Gasteiger partial charge in [0, 0.05) is 6.92 Å². The highest BCUT2D eigenvalue weighted by atomic mass is 19.4. The van der Waals surface area contributed by atoms with Crippen LogP contribution in [0, 0.1) is 6.92 Å². The van der Waals surface area contributed by atoms with Crippen molar-refractivity contribution in [1.29, 1.82) is 0 Å². The molecule has 22 heavy (non-hydrogen) atoms. The fraction of sp³-hybridized carbons (Fsp3) is 0.333. The quantitative estimate of drug-likeness (QED) is 0.915. The van der Waals surface area contributed by atoms with Gasteiger partial charge in [-0.25, -0.2) is 4.98 Å². The standard InChI is InChI=1S/C15H15F3N2O2/c1-8(2)12-13(22-9(3)19-12)14(21)20-11-7-5-4-6-10(11)15(16,17)18/h4-8H,1-3H3,(H,20,21). The summed E-state index contributed by atoms with van der Waals surface area (Å²) in [5.74, 6) is -0.612. The smallest absolute Gasteiger partial charge is 0.418 e. The second-order valence-electron chi connectivity index (χ2n) is 5.10. The second-order valence-corrected chi connectivity index (χ2v) is 5.10. The van der Waals surface area contributed by atoms with E-state index in [-0.39, 0.29) is 23.3 Å². The first-order valence-electron chi connectivity index (χ1n) is 6.65. The van der Waals surface area contributed by atoms with Crippen molar-refractivity contribution in [2.45, 2.75) is 32.9 Å². The van der Waals surface area contributed by atoms with Crippen LogP contribution in [-0.4, -0.2) is 10.9 Å². The lowest BCUT2D eigenvalue weighted by Crippen LogP contribution is -2.17. The van der Waals surface area contributed by atoms with Crippen LogP contribution in [0.25, 0.3) is 0 Å². The van der Waals surface area contributed by atoms with Gasteiger partial charge >= 0.3 is 6.18 Å². The van der Waals surface area contributed by atoms with Crippen molar-refractivity contribution in [2.24, 2.45) is 0 Å². The number of aromatic nitrogens is 1. The minimum Gasteiger partial charge on any atom is -0.436 e. The number of hydrogen-bond acceptors (Lipinski definition) is 3. The minimum absolute atomic E-state index is 0.0653. The molecule has 0 aliphatic rings. The number of carbonyl (C=O) groups is 1. The predicted molar refractivity (Wildman–Crippen MR) is 74.7 cm³/mol. The highest BCUT2D eigenvalue weighted by molar-refractivity contribution is 6.03. The fourth-order valence-electron chi connectivity index (χ4n) is 2.02. The van der Waals surface area contributed by atoms with Crippen LogP contribution in [0.5, 0.6) is 0 Å². The van der Waals surface area contributed by atoms with Gasteiger partial charge in [0.25, 0.3) is 5.91 Å². The molecule has 0 aliphatic heterocycles. The highest BCUT2D eigenvalue weighted by Gasteiger charge is 2.34. The zero-order valence-corrected chi connectivity index (χ0v) is 12.3. The van der Waals surface area contributed by atoms with E-state index in [1.54, 1.807) is 6.92 Å². The van der Waals surface area contributed by atoms with E-state index in [9.17, 15) is 18.0 Å². The first kappa shape index (κ1) is 16.1. The van der Waals surface area contributed by atoms with Crippen LogP contribution >= 0.6 is 0 Å². The average Bonchev–Trinajstić information content (AvgIpc) is 2.80. The number of halogens is 3. The summed E-state index contributed by atoms with van der Waals surface area (Å²) in [7, 11) is 0. The van der Waals surface area contributed by atoms with Crippen molar-refractivity contribution in [3.63, 3.8) is 0 Å². The Hall–Kier alpha value is -2.31. The van der Waals surface area contributed by atoms with Gasteiger partial charge in [-0.3, -0.25) is 4.79 Å². The molecule has 0 atom stereocenters. The fourth-order valence-corrected chi connectivity index (χ4v) is 2.02. The Kier molecular flexibility index (Phi) is 4.25. The average molecular weight is 312 g/mol. The Labute approximate surface area is 125 Å². The number of benzene rings is 1. The van der Waals surface area contributed by atoms with Crippen molar-refractivity contribution >= 4 is 11.6 Å². The Bertz CT molecular complexity index is 690. The molecule has 118 valence electrons. The van der Waals surface area contributed by atoms with Crippen LogP contribution in [-0.2, 0) is 6.18 Å². The molecule has 0 saturated carbocycles. The molecular weight excluding hydrogens is 297 g/mol. The third kappa shape index (κ3) is 3.29. The first-order valence-corrected chi connectivity index (χ1v) is 6.65. The normalized spacial score (nSPS) is 11.8. The molecule has 1 heterocycles. The van der Waals surface area contributed by atoms with Crippen LogP contribution in [0.4, 0.5) is 18.9 Å². The summed E-state index contributed by atoms with van der Waals surface area (Å²) < 4.78 is 44.0. The number of aryl methyl sites for hydroxylation is 1. The van der Waals surface area contributed by atoms with E-state index >= 15 is 0 Å². The zero-order valence-electron chi connectivity index (χ0n) is 12.3. The molecule has 2 aromatic rings. The lowest BCUT2D eigenvalue weighted by atomic mass is 10.1. The third-order valence-electron chi connectivity index (χ3n) is 2.99. The molecule has 0 aliphatic carbocycles. The number of para-hydroxylation sites is 1. The number of nitrogens with zero attached hydrogens (tertiary/aromatic N) is 1. The van der Waals surface area contributed by atoms with Gasteiger partial charge in [0.15, 0.2) is 5.89 Å². The molecule has 0 bridgehead atoms. The van der Waals surface area contributed by atoms with Crippen LogP contribution in [0.15, 0.2) is 28.7 Å². The summed E-state index contributed by atoms with van der Waals surface area (Å²) in [5, 5.41) is 2.25. The maximum Gasteiger partial charge on any atom is 0.418 e. The Balaban J connectivity index is 2.35. The number of anilines is 1. The number of oxazole rings is 1. The molecule has 0 saturated heterocycles. The Morgan fingerprint density at radius 3 is 2.50 bits per heavy atom. The van der Waals surface area contributed by atoms with Crippen molar-refractivity contribution in [3.8, 4) is 0 Å². The topological polar surface area (TPSA) is 55.1 Å². The zero-order chi connectivity index (χ0) is 16.5. The van der Waals surface area contributed by atoms with Gasteiger partial charge in [-0.05, 0) is 18.1 Å². The van der Waals surface area contributed by atoms with Gasteiger partial charge in [0.05, 0.1) is 16.9 Å². The summed E-state index contributed by atoms with van der Waals surface area (Å²) >= 11 is 0. The summed E-state index contributed by atoms with van der Waals surface area (Å²) in [4.78, 5) is 16.3. The maximum absolute atomic E-state index is 12.9. The van der Waals surface area contributed by atoms with Crippen molar-refractivity contribution in [2.75, 3.05) is 5.32 Å². The number of nitrogens with one attached hydrogen (secondary N) is 1. The molecule has 1 amide bonds. The second kappa shape index (κ2) is 5.82. The highest BCUT2D eigenvalue weighted by Crippen LogP contribution is 2.35. The van der Waals surface area contributed by atoms with E-state index < -0.39 is 17.6 Å².